The van der Waals surface area contributed by atoms with Crippen LogP contribution >= 0.6 is 0 Å². The molecule has 1 saturated carbocycles. The van der Waals surface area contributed by atoms with Gasteiger partial charge in [-0.2, -0.15) is 0 Å². The lowest BCUT2D eigenvalue weighted by Gasteiger charge is -2.42. The Labute approximate surface area is 121 Å². The summed E-state index contributed by atoms with van der Waals surface area (Å²) in [6.45, 7) is 14.2. The highest BCUT2D eigenvalue weighted by Gasteiger charge is 2.31. The second-order valence-electron chi connectivity index (χ2n) is 7.48. The van der Waals surface area contributed by atoms with E-state index >= 15 is 0 Å². The highest BCUT2D eigenvalue weighted by Crippen LogP contribution is 2.37. The standard InChI is InChI=1S/C17H36N2/c1-7-12-18-13-14(2)15(3)19(6)16-8-10-17(4,5)11-9-16/h14-16,18H,7-13H2,1-6H3. The van der Waals surface area contributed by atoms with Crippen molar-refractivity contribution in [2.24, 2.45) is 11.3 Å². The van der Waals surface area contributed by atoms with Gasteiger partial charge in [0.15, 0.2) is 0 Å². The third-order valence-corrected chi connectivity index (χ3v) is 5.24. The maximum Gasteiger partial charge on any atom is 0.0105 e. The third kappa shape index (κ3) is 5.43. The van der Waals surface area contributed by atoms with E-state index in [1.54, 1.807) is 0 Å². The Balaban J connectivity index is 2.37. The molecule has 2 nitrogen and oxygen atoms in total. The van der Waals surface area contributed by atoms with Crippen LogP contribution in [0.3, 0.4) is 0 Å². The van der Waals surface area contributed by atoms with Crippen LogP contribution in [-0.2, 0) is 0 Å². The average molecular weight is 268 g/mol. The van der Waals surface area contributed by atoms with Crippen molar-refractivity contribution in [3.8, 4) is 0 Å². The molecule has 0 saturated heterocycles. The Hall–Kier alpha value is -0.0800. The molecule has 0 aromatic rings. The van der Waals surface area contributed by atoms with Crippen molar-refractivity contribution < 1.29 is 0 Å². The van der Waals surface area contributed by atoms with Gasteiger partial charge < -0.3 is 10.2 Å². The Bertz CT molecular complexity index is 240. The Morgan fingerprint density at radius 1 is 1.21 bits per heavy atom. The van der Waals surface area contributed by atoms with Gasteiger partial charge in [-0.15, -0.1) is 0 Å². The first-order valence-corrected chi connectivity index (χ1v) is 8.30. The van der Waals surface area contributed by atoms with E-state index in [0.717, 1.165) is 25.0 Å². The zero-order valence-electron chi connectivity index (χ0n) is 14.1. The van der Waals surface area contributed by atoms with E-state index in [-0.39, 0.29) is 0 Å². The smallest absolute Gasteiger partial charge is 0.0105 e. The highest BCUT2D eigenvalue weighted by atomic mass is 15.2. The zero-order valence-corrected chi connectivity index (χ0v) is 14.1. The first-order chi connectivity index (χ1) is 8.87. The summed E-state index contributed by atoms with van der Waals surface area (Å²) in [6.07, 6.45) is 6.76. The minimum absolute atomic E-state index is 0.578. The molecule has 0 aliphatic heterocycles. The van der Waals surface area contributed by atoms with Crippen molar-refractivity contribution in [3.05, 3.63) is 0 Å². The lowest BCUT2D eigenvalue weighted by molar-refractivity contribution is 0.0796. The Kier molecular flexibility index (Phi) is 6.82. The molecule has 0 spiro atoms. The molecule has 0 radical (unpaired) electrons. The van der Waals surface area contributed by atoms with E-state index in [9.17, 15) is 0 Å². The topological polar surface area (TPSA) is 15.3 Å². The molecule has 0 bridgehead atoms. The molecule has 1 aliphatic rings. The molecule has 2 heteroatoms. The van der Waals surface area contributed by atoms with E-state index in [2.05, 4.69) is 51.9 Å². The molecule has 1 fully saturated rings. The van der Waals surface area contributed by atoms with Crippen LogP contribution in [0.1, 0.15) is 66.7 Å². The van der Waals surface area contributed by atoms with Gasteiger partial charge in [0.2, 0.25) is 0 Å². The lowest BCUT2D eigenvalue weighted by atomic mass is 9.75. The first-order valence-electron chi connectivity index (χ1n) is 8.30. The van der Waals surface area contributed by atoms with Gasteiger partial charge in [-0.05, 0) is 70.5 Å². The van der Waals surface area contributed by atoms with Crippen LogP contribution in [0.25, 0.3) is 0 Å². The number of hydrogen-bond donors (Lipinski definition) is 1. The van der Waals surface area contributed by atoms with Crippen LogP contribution in [0, 0.1) is 11.3 Å². The van der Waals surface area contributed by atoms with Gasteiger partial charge in [0, 0.05) is 12.1 Å². The molecule has 1 N–H and O–H groups in total. The van der Waals surface area contributed by atoms with E-state index < -0.39 is 0 Å². The van der Waals surface area contributed by atoms with E-state index in [1.807, 2.05) is 0 Å². The summed E-state index contributed by atoms with van der Waals surface area (Å²) in [5.41, 5.74) is 0.578. The van der Waals surface area contributed by atoms with Crippen molar-refractivity contribution in [1.82, 2.24) is 10.2 Å². The Morgan fingerprint density at radius 2 is 1.79 bits per heavy atom. The molecule has 114 valence electrons. The van der Waals surface area contributed by atoms with Crippen LogP contribution in [0.5, 0.6) is 0 Å². The second kappa shape index (κ2) is 7.64. The highest BCUT2D eigenvalue weighted by molar-refractivity contribution is 4.85. The SMILES string of the molecule is CCCNCC(C)C(C)N(C)C1CCC(C)(C)CC1. The lowest BCUT2D eigenvalue weighted by Crippen LogP contribution is -2.46. The van der Waals surface area contributed by atoms with Crippen molar-refractivity contribution >= 4 is 0 Å². The quantitative estimate of drug-likeness (QED) is 0.704. The summed E-state index contributed by atoms with van der Waals surface area (Å²) < 4.78 is 0. The Morgan fingerprint density at radius 3 is 2.32 bits per heavy atom. The molecule has 1 rings (SSSR count). The summed E-state index contributed by atoms with van der Waals surface area (Å²) in [7, 11) is 2.34. The van der Waals surface area contributed by atoms with Crippen molar-refractivity contribution in [1.29, 1.82) is 0 Å². The van der Waals surface area contributed by atoms with E-state index in [0.29, 0.717) is 11.5 Å². The second-order valence-corrected chi connectivity index (χ2v) is 7.48. The summed E-state index contributed by atoms with van der Waals surface area (Å²) in [5.74, 6) is 0.728. The van der Waals surface area contributed by atoms with E-state index in [4.69, 9.17) is 0 Å². The molecular weight excluding hydrogens is 232 g/mol. The summed E-state index contributed by atoms with van der Waals surface area (Å²) in [6, 6.07) is 1.48. The van der Waals surface area contributed by atoms with Crippen molar-refractivity contribution in [3.63, 3.8) is 0 Å². The number of rotatable bonds is 7. The number of nitrogens with one attached hydrogen (secondary N) is 1. The summed E-state index contributed by atoms with van der Waals surface area (Å²) in [5, 5.41) is 3.56. The van der Waals surface area contributed by atoms with Gasteiger partial charge in [0.1, 0.15) is 0 Å². The van der Waals surface area contributed by atoms with E-state index in [1.165, 1.54) is 32.1 Å². The predicted molar refractivity (Wildman–Crippen MR) is 85.6 cm³/mol. The van der Waals surface area contributed by atoms with Gasteiger partial charge in [-0.1, -0.05) is 27.7 Å². The molecule has 0 aromatic heterocycles. The minimum atomic E-state index is 0.578. The van der Waals surface area contributed by atoms with Crippen molar-refractivity contribution in [2.45, 2.75) is 78.8 Å². The zero-order chi connectivity index (χ0) is 14.5. The molecule has 2 atom stereocenters. The maximum atomic E-state index is 3.56. The van der Waals surface area contributed by atoms with Crippen molar-refractivity contribution in [2.75, 3.05) is 20.1 Å². The van der Waals surface area contributed by atoms with Crippen LogP contribution < -0.4 is 5.32 Å². The monoisotopic (exact) mass is 268 g/mol. The number of nitrogens with zero attached hydrogens (tertiary/aromatic N) is 1. The largest absolute Gasteiger partial charge is 0.316 e. The summed E-state index contributed by atoms with van der Waals surface area (Å²) >= 11 is 0. The molecule has 19 heavy (non-hydrogen) atoms. The summed E-state index contributed by atoms with van der Waals surface area (Å²) in [4.78, 5) is 2.65. The van der Waals surface area contributed by atoms with Gasteiger partial charge >= 0.3 is 0 Å². The molecule has 2 unspecified atom stereocenters. The van der Waals surface area contributed by atoms with Gasteiger partial charge in [0.05, 0.1) is 0 Å². The van der Waals surface area contributed by atoms with Crippen LogP contribution in [0.15, 0.2) is 0 Å². The molecule has 0 aromatic carbocycles. The maximum absolute atomic E-state index is 3.56. The minimum Gasteiger partial charge on any atom is -0.316 e. The van der Waals surface area contributed by atoms with Gasteiger partial charge in [-0.3, -0.25) is 0 Å². The number of hydrogen-bond acceptors (Lipinski definition) is 2. The molecule has 0 amide bonds. The third-order valence-electron chi connectivity index (χ3n) is 5.24. The average Bonchev–Trinajstić information content (AvgIpc) is 2.37. The van der Waals surface area contributed by atoms with Crippen LogP contribution in [0.2, 0.25) is 0 Å². The van der Waals surface area contributed by atoms with Gasteiger partial charge in [-0.25, -0.2) is 0 Å². The fourth-order valence-corrected chi connectivity index (χ4v) is 3.20. The fraction of sp³-hybridized carbons (Fsp3) is 1.00. The normalized spacial score (nSPS) is 23.5. The molecular formula is C17H36N2. The van der Waals surface area contributed by atoms with Crippen LogP contribution in [-0.4, -0.2) is 37.1 Å². The molecule has 0 heterocycles. The fourth-order valence-electron chi connectivity index (χ4n) is 3.20. The predicted octanol–water partition coefficient (Wildman–Crippen LogP) is 3.91. The van der Waals surface area contributed by atoms with Crippen LogP contribution in [0.4, 0.5) is 0 Å². The first kappa shape index (κ1) is 17.0. The molecule has 1 aliphatic carbocycles. The van der Waals surface area contributed by atoms with Gasteiger partial charge in [0.25, 0.3) is 0 Å².